The van der Waals surface area contributed by atoms with E-state index in [9.17, 15) is 4.79 Å². The highest BCUT2D eigenvalue weighted by Gasteiger charge is 2.19. The summed E-state index contributed by atoms with van der Waals surface area (Å²) in [4.78, 5) is 21.1. The van der Waals surface area contributed by atoms with Gasteiger partial charge in [0.1, 0.15) is 16.9 Å². The standard InChI is InChI=1S/C27H27ClN6O2/c1-4-24(35)32-25(21-13-12-20(36-3)15-23(21)29-5-2)33-27-30-16-22(28)26(34-27)31-19-11-10-17-8-6-7-9-18(17)14-19/h4,6-16,25,29H,1,5H2,2-3H3,(H,32,35)(H2,30,31,33,34). The fourth-order valence-corrected chi connectivity index (χ4v) is 3.85. The molecule has 1 atom stereocenters. The first-order valence-corrected chi connectivity index (χ1v) is 11.8. The van der Waals surface area contributed by atoms with Crippen LogP contribution in [0.3, 0.4) is 0 Å². The molecule has 0 aliphatic heterocycles. The van der Waals surface area contributed by atoms with E-state index in [-0.39, 0.29) is 11.9 Å². The van der Waals surface area contributed by atoms with Gasteiger partial charge in [0.15, 0.2) is 5.82 Å². The van der Waals surface area contributed by atoms with Gasteiger partial charge in [0.25, 0.3) is 0 Å². The van der Waals surface area contributed by atoms with Gasteiger partial charge in [0.2, 0.25) is 11.9 Å². The number of ether oxygens (including phenoxy) is 1. The molecule has 4 rings (SSSR count). The van der Waals surface area contributed by atoms with Gasteiger partial charge in [0, 0.05) is 29.5 Å². The molecule has 4 aromatic rings. The van der Waals surface area contributed by atoms with Gasteiger partial charge in [-0.05, 0) is 48.0 Å². The largest absolute Gasteiger partial charge is 0.497 e. The molecule has 0 aliphatic carbocycles. The number of benzene rings is 3. The first-order valence-electron chi connectivity index (χ1n) is 11.4. The lowest BCUT2D eigenvalue weighted by molar-refractivity contribution is -0.117. The number of nitrogens with one attached hydrogen (secondary N) is 4. The number of hydrogen-bond acceptors (Lipinski definition) is 7. The van der Waals surface area contributed by atoms with E-state index in [0.29, 0.717) is 23.1 Å². The Morgan fingerprint density at radius 1 is 1.14 bits per heavy atom. The molecule has 8 nitrogen and oxygen atoms in total. The Balaban J connectivity index is 1.64. The summed E-state index contributed by atoms with van der Waals surface area (Å²) in [6, 6.07) is 19.6. The van der Waals surface area contributed by atoms with E-state index < -0.39 is 6.17 Å². The summed E-state index contributed by atoms with van der Waals surface area (Å²) >= 11 is 6.40. The maximum absolute atomic E-state index is 12.3. The van der Waals surface area contributed by atoms with Crippen molar-refractivity contribution < 1.29 is 9.53 Å². The lowest BCUT2D eigenvalue weighted by atomic mass is 10.1. The average molecular weight is 503 g/mol. The Morgan fingerprint density at radius 2 is 1.94 bits per heavy atom. The van der Waals surface area contributed by atoms with Crippen LogP contribution in [0.25, 0.3) is 10.8 Å². The molecule has 9 heteroatoms. The maximum Gasteiger partial charge on any atom is 0.245 e. The zero-order valence-electron chi connectivity index (χ0n) is 20.0. The third kappa shape index (κ3) is 5.84. The summed E-state index contributed by atoms with van der Waals surface area (Å²) in [6.07, 6.45) is 2.05. The van der Waals surface area contributed by atoms with Gasteiger partial charge < -0.3 is 26.0 Å². The lowest BCUT2D eigenvalue weighted by Crippen LogP contribution is -2.33. The normalized spacial score (nSPS) is 11.4. The van der Waals surface area contributed by atoms with Crippen molar-refractivity contribution in [2.75, 3.05) is 29.6 Å². The van der Waals surface area contributed by atoms with Crippen LogP contribution in [-0.2, 0) is 4.79 Å². The monoisotopic (exact) mass is 502 g/mol. The van der Waals surface area contributed by atoms with Gasteiger partial charge in [-0.1, -0.05) is 48.5 Å². The topological polar surface area (TPSA) is 100 Å². The maximum atomic E-state index is 12.3. The first-order chi connectivity index (χ1) is 17.5. The lowest BCUT2D eigenvalue weighted by Gasteiger charge is -2.23. The summed E-state index contributed by atoms with van der Waals surface area (Å²) in [7, 11) is 1.60. The number of fused-ring (bicyclic) bond motifs is 1. The van der Waals surface area contributed by atoms with E-state index in [1.165, 1.54) is 12.3 Å². The molecule has 1 amide bonds. The smallest absolute Gasteiger partial charge is 0.245 e. The predicted molar refractivity (Wildman–Crippen MR) is 146 cm³/mol. The Hall–Kier alpha value is -4.30. The van der Waals surface area contributed by atoms with Crippen molar-refractivity contribution >= 4 is 51.4 Å². The Labute approximate surface area is 214 Å². The number of carbonyl (C=O) groups excluding carboxylic acids is 1. The van der Waals surface area contributed by atoms with Crippen molar-refractivity contribution in [2.24, 2.45) is 0 Å². The highest BCUT2D eigenvalue weighted by Crippen LogP contribution is 2.30. The van der Waals surface area contributed by atoms with E-state index >= 15 is 0 Å². The van der Waals surface area contributed by atoms with Gasteiger partial charge in [-0.25, -0.2) is 4.98 Å². The van der Waals surface area contributed by atoms with Crippen LogP contribution >= 0.6 is 11.6 Å². The van der Waals surface area contributed by atoms with Crippen molar-refractivity contribution in [2.45, 2.75) is 13.1 Å². The number of methoxy groups -OCH3 is 1. The third-order valence-electron chi connectivity index (χ3n) is 5.44. The number of nitrogens with zero attached hydrogens (tertiary/aromatic N) is 2. The fraction of sp³-hybridized carbons (Fsp3) is 0.148. The number of hydrogen-bond donors (Lipinski definition) is 4. The predicted octanol–water partition coefficient (Wildman–Crippen LogP) is 5.88. The summed E-state index contributed by atoms with van der Waals surface area (Å²) in [5.74, 6) is 1.04. The summed E-state index contributed by atoms with van der Waals surface area (Å²) in [5.41, 5.74) is 2.40. The second-order valence-electron chi connectivity index (χ2n) is 7.85. The molecule has 0 fully saturated rings. The number of rotatable bonds is 10. The van der Waals surface area contributed by atoms with Crippen LogP contribution in [0.15, 0.2) is 79.5 Å². The molecule has 0 radical (unpaired) electrons. The SMILES string of the molecule is C=CC(=O)NC(Nc1ncc(Cl)c(Nc2ccc3ccccc3c2)n1)c1ccc(OC)cc1NCC. The minimum absolute atomic E-state index is 0.273. The molecule has 1 unspecified atom stereocenters. The molecule has 0 bridgehead atoms. The first kappa shape index (κ1) is 24.8. The average Bonchev–Trinajstić information content (AvgIpc) is 2.90. The molecular formula is C27H27ClN6O2. The second-order valence-corrected chi connectivity index (χ2v) is 8.26. The molecule has 36 heavy (non-hydrogen) atoms. The number of halogens is 1. The highest BCUT2D eigenvalue weighted by atomic mass is 35.5. The van der Waals surface area contributed by atoms with Crippen LogP contribution < -0.4 is 26.0 Å². The quantitative estimate of drug-likeness (QED) is 0.159. The number of anilines is 4. The summed E-state index contributed by atoms with van der Waals surface area (Å²) in [5, 5.41) is 15.2. The molecule has 1 heterocycles. The third-order valence-corrected chi connectivity index (χ3v) is 5.72. The Morgan fingerprint density at radius 3 is 2.69 bits per heavy atom. The van der Waals surface area contributed by atoms with Gasteiger partial charge in [-0.2, -0.15) is 4.98 Å². The molecule has 3 aromatic carbocycles. The molecule has 1 aromatic heterocycles. The van der Waals surface area contributed by atoms with Crippen LogP contribution in [0.1, 0.15) is 18.7 Å². The van der Waals surface area contributed by atoms with E-state index in [4.69, 9.17) is 16.3 Å². The van der Waals surface area contributed by atoms with Crippen molar-refractivity contribution in [3.8, 4) is 5.75 Å². The van der Waals surface area contributed by atoms with Gasteiger partial charge >= 0.3 is 0 Å². The molecule has 0 saturated carbocycles. The number of aromatic nitrogens is 2. The van der Waals surface area contributed by atoms with Crippen molar-refractivity contribution in [3.05, 3.63) is 90.1 Å². The van der Waals surface area contributed by atoms with Crippen LogP contribution in [0.4, 0.5) is 23.1 Å². The van der Waals surface area contributed by atoms with E-state index in [0.717, 1.165) is 27.7 Å². The molecule has 0 spiro atoms. The van der Waals surface area contributed by atoms with Gasteiger partial charge in [0.05, 0.1) is 13.3 Å². The van der Waals surface area contributed by atoms with Crippen LogP contribution in [0, 0.1) is 0 Å². The molecule has 0 saturated heterocycles. The van der Waals surface area contributed by atoms with Crippen LogP contribution in [-0.4, -0.2) is 29.5 Å². The molecular weight excluding hydrogens is 476 g/mol. The van der Waals surface area contributed by atoms with E-state index in [1.54, 1.807) is 7.11 Å². The van der Waals surface area contributed by atoms with Crippen LogP contribution in [0.2, 0.25) is 5.02 Å². The minimum atomic E-state index is -0.662. The van der Waals surface area contributed by atoms with Gasteiger partial charge in [-0.3, -0.25) is 4.79 Å². The highest BCUT2D eigenvalue weighted by molar-refractivity contribution is 6.32. The molecule has 184 valence electrons. The zero-order chi connectivity index (χ0) is 25.5. The van der Waals surface area contributed by atoms with E-state index in [1.807, 2.05) is 61.5 Å². The zero-order valence-corrected chi connectivity index (χ0v) is 20.8. The molecule has 4 N–H and O–H groups in total. The van der Waals surface area contributed by atoms with Gasteiger partial charge in [-0.15, -0.1) is 0 Å². The Bertz CT molecular complexity index is 1390. The minimum Gasteiger partial charge on any atom is -0.497 e. The van der Waals surface area contributed by atoms with Crippen LogP contribution in [0.5, 0.6) is 5.75 Å². The number of carbonyl (C=O) groups is 1. The Kier molecular flexibility index (Phi) is 7.87. The van der Waals surface area contributed by atoms with Crippen molar-refractivity contribution in [3.63, 3.8) is 0 Å². The number of amides is 1. The second kappa shape index (κ2) is 11.4. The summed E-state index contributed by atoms with van der Waals surface area (Å²) in [6.45, 7) is 6.23. The van der Waals surface area contributed by atoms with E-state index in [2.05, 4.69) is 43.9 Å². The summed E-state index contributed by atoms with van der Waals surface area (Å²) < 4.78 is 5.36. The van der Waals surface area contributed by atoms with Crippen molar-refractivity contribution in [1.82, 2.24) is 15.3 Å². The molecule has 0 aliphatic rings. The fourth-order valence-electron chi connectivity index (χ4n) is 3.71. The van der Waals surface area contributed by atoms with Crippen molar-refractivity contribution in [1.29, 1.82) is 0 Å².